The van der Waals surface area contributed by atoms with E-state index >= 15 is 0 Å². The van der Waals surface area contributed by atoms with Crippen molar-refractivity contribution in [2.24, 2.45) is 5.73 Å². The second kappa shape index (κ2) is 6.16. The molecule has 1 saturated heterocycles. The molecular weight excluding hydrogens is 246 g/mol. The first kappa shape index (κ1) is 13.3. The lowest BCUT2D eigenvalue weighted by atomic mass is 9.98. The molecule has 103 valence electrons. The molecule has 0 amide bonds. The maximum absolute atomic E-state index is 6.50. The van der Waals surface area contributed by atoms with Gasteiger partial charge >= 0.3 is 0 Å². The van der Waals surface area contributed by atoms with E-state index in [1.54, 1.807) is 6.20 Å². The summed E-state index contributed by atoms with van der Waals surface area (Å²) in [6.45, 7) is 2.18. The number of nitrogens with zero attached hydrogens (tertiary/aromatic N) is 2. The Hall–Kier alpha value is -1.71. The second-order valence-corrected chi connectivity index (χ2v) is 5.29. The van der Waals surface area contributed by atoms with E-state index in [2.05, 4.69) is 34.3 Å². The Labute approximate surface area is 120 Å². The standard InChI is InChI=1S/C17H20N3/c18-17(20-11-4-1-5-12-20)16-9-3-2-8-15(16)14-7-6-10-19-13-14/h2-3,6-10,17H,1,4-5,11-12,18H2. The van der Waals surface area contributed by atoms with Crippen LogP contribution in [0, 0.1) is 6.20 Å². The lowest BCUT2D eigenvalue weighted by Crippen LogP contribution is -2.38. The van der Waals surface area contributed by atoms with Crippen LogP contribution < -0.4 is 5.73 Å². The van der Waals surface area contributed by atoms with E-state index in [4.69, 9.17) is 5.73 Å². The number of pyridine rings is 1. The molecule has 20 heavy (non-hydrogen) atoms. The zero-order valence-corrected chi connectivity index (χ0v) is 11.6. The molecule has 1 aliphatic heterocycles. The zero-order valence-electron chi connectivity index (χ0n) is 11.6. The number of hydrogen-bond acceptors (Lipinski definition) is 3. The van der Waals surface area contributed by atoms with Crippen molar-refractivity contribution in [3.8, 4) is 11.1 Å². The molecule has 0 bridgehead atoms. The van der Waals surface area contributed by atoms with Crippen molar-refractivity contribution < 1.29 is 0 Å². The summed E-state index contributed by atoms with van der Waals surface area (Å²) < 4.78 is 0. The number of piperidine rings is 1. The first-order valence-corrected chi connectivity index (χ1v) is 7.28. The molecule has 1 atom stereocenters. The highest BCUT2D eigenvalue weighted by molar-refractivity contribution is 5.66. The number of hydrogen-bond donors (Lipinski definition) is 1. The van der Waals surface area contributed by atoms with Crippen LogP contribution in [-0.2, 0) is 0 Å². The Morgan fingerprint density at radius 2 is 1.85 bits per heavy atom. The van der Waals surface area contributed by atoms with Crippen molar-refractivity contribution in [1.29, 1.82) is 0 Å². The Morgan fingerprint density at radius 3 is 2.60 bits per heavy atom. The second-order valence-electron chi connectivity index (χ2n) is 5.29. The van der Waals surface area contributed by atoms with E-state index in [0.29, 0.717) is 0 Å². The molecule has 1 radical (unpaired) electrons. The van der Waals surface area contributed by atoms with Crippen molar-refractivity contribution in [3.05, 3.63) is 54.4 Å². The van der Waals surface area contributed by atoms with Crippen LogP contribution in [0.25, 0.3) is 11.1 Å². The summed E-state index contributed by atoms with van der Waals surface area (Å²) in [5, 5.41) is 0. The quantitative estimate of drug-likeness (QED) is 0.928. The fourth-order valence-corrected chi connectivity index (χ4v) is 2.87. The summed E-state index contributed by atoms with van der Waals surface area (Å²) in [5.74, 6) is 0. The number of aromatic nitrogens is 1. The Morgan fingerprint density at radius 1 is 1.05 bits per heavy atom. The monoisotopic (exact) mass is 266 g/mol. The fourth-order valence-electron chi connectivity index (χ4n) is 2.87. The van der Waals surface area contributed by atoms with Gasteiger partial charge in [0.15, 0.2) is 0 Å². The van der Waals surface area contributed by atoms with Gasteiger partial charge in [0.1, 0.15) is 0 Å². The zero-order chi connectivity index (χ0) is 13.8. The maximum atomic E-state index is 6.50. The minimum Gasteiger partial charge on any atom is -0.312 e. The van der Waals surface area contributed by atoms with Crippen LogP contribution in [0.4, 0.5) is 0 Å². The van der Waals surface area contributed by atoms with Gasteiger partial charge in [-0.25, -0.2) is 0 Å². The summed E-state index contributed by atoms with van der Waals surface area (Å²) >= 11 is 0. The van der Waals surface area contributed by atoms with Gasteiger partial charge in [0.2, 0.25) is 0 Å². The highest BCUT2D eigenvalue weighted by Crippen LogP contribution is 2.29. The summed E-state index contributed by atoms with van der Waals surface area (Å²) in [4.78, 5) is 6.47. The van der Waals surface area contributed by atoms with Crippen LogP contribution in [0.1, 0.15) is 31.0 Å². The van der Waals surface area contributed by atoms with Crippen molar-refractivity contribution in [2.45, 2.75) is 25.4 Å². The molecule has 1 fully saturated rings. The van der Waals surface area contributed by atoms with Crippen LogP contribution in [0.3, 0.4) is 0 Å². The molecule has 2 N–H and O–H groups in total. The van der Waals surface area contributed by atoms with Crippen molar-refractivity contribution >= 4 is 0 Å². The smallest absolute Gasteiger partial charge is 0.0970 e. The van der Waals surface area contributed by atoms with Gasteiger partial charge in [-0.15, -0.1) is 0 Å². The van der Waals surface area contributed by atoms with E-state index in [9.17, 15) is 0 Å². The Bertz CT molecular complexity index is 547. The van der Waals surface area contributed by atoms with Gasteiger partial charge in [-0.2, -0.15) is 0 Å². The third-order valence-electron chi connectivity index (χ3n) is 3.96. The maximum Gasteiger partial charge on any atom is 0.0970 e. The van der Waals surface area contributed by atoms with E-state index in [1.165, 1.54) is 24.8 Å². The summed E-state index contributed by atoms with van der Waals surface area (Å²) in [5.41, 5.74) is 9.81. The van der Waals surface area contributed by atoms with Gasteiger partial charge in [-0.05, 0) is 43.1 Å². The largest absolute Gasteiger partial charge is 0.312 e. The topological polar surface area (TPSA) is 42.1 Å². The van der Waals surface area contributed by atoms with Gasteiger partial charge in [0.05, 0.1) is 12.4 Å². The van der Waals surface area contributed by atoms with Crippen molar-refractivity contribution in [1.82, 2.24) is 9.88 Å². The molecule has 2 aromatic rings. The molecule has 3 heteroatoms. The molecular formula is C17H20N3. The van der Waals surface area contributed by atoms with Crippen LogP contribution >= 0.6 is 0 Å². The molecule has 1 aromatic carbocycles. The van der Waals surface area contributed by atoms with Crippen LogP contribution in [0.5, 0.6) is 0 Å². The lowest BCUT2D eigenvalue weighted by molar-refractivity contribution is 0.167. The third-order valence-corrected chi connectivity index (χ3v) is 3.96. The third kappa shape index (κ3) is 2.74. The summed E-state index contributed by atoms with van der Waals surface area (Å²) in [6, 6.07) is 12.3. The normalized spacial score (nSPS) is 17.9. The van der Waals surface area contributed by atoms with E-state index in [0.717, 1.165) is 24.2 Å². The van der Waals surface area contributed by atoms with E-state index in [1.807, 2.05) is 18.2 Å². The van der Waals surface area contributed by atoms with Gasteiger partial charge in [0, 0.05) is 11.8 Å². The average Bonchev–Trinajstić information content (AvgIpc) is 2.56. The number of likely N-dealkylation sites (tertiary alicyclic amines) is 1. The van der Waals surface area contributed by atoms with E-state index in [-0.39, 0.29) is 6.17 Å². The molecule has 2 heterocycles. The van der Waals surface area contributed by atoms with Crippen LogP contribution in [-0.4, -0.2) is 23.0 Å². The highest BCUT2D eigenvalue weighted by Gasteiger charge is 2.21. The van der Waals surface area contributed by atoms with E-state index < -0.39 is 0 Å². The molecule has 0 spiro atoms. The predicted molar refractivity (Wildman–Crippen MR) is 80.9 cm³/mol. The van der Waals surface area contributed by atoms with Gasteiger partial charge in [-0.1, -0.05) is 36.8 Å². The molecule has 0 saturated carbocycles. The van der Waals surface area contributed by atoms with Crippen molar-refractivity contribution in [3.63, 3.8) is 0 Å². The van der Waals surface area contributed by atoms with Crippen molar-refractivity contribution in [2.75, 3.05) is 13.1 Å². The molecule has 1 aliphatic rings. The molecule has 0 aliphatic carbocycles. The summed E-state index contributed by atoms with van der Waals surface area (Å²) in [6.07, 6.45) is 8.57. The minimum atomic E-state index is -0.0416. The average molecular weight is 266 g/mol. The Balaban J connectivity index is 1.93. The summed E-state index contributed by atoms with van der Waals surface area (Å²) in [7, 11) is 0. The fraction of sp³-hybridized carbons (Fsp3) is 0.353. The Kier molecular flexibility index (Phi) is 4.09. The van der Waals surface area contributed by atoms with Gasteiger partial charge < -0.3 is 5.73 Å². The van der Waals surface area contributed by atoms with Gasteiger partial charge in [-0.3, -0.25) is 9.88 Å². The molecule has 1 aromatic heterocycles. The number of nitrogens with two attached hydrogens (primary N) is 1. The molecule has 3 rings (SSSR count). The predicted octanol–water partition coefficient (Wildman–Crippen LogP) is 2.99. The lowest BCUT2D eigenvalue weighted by Gasteiger charge is -2.33. The SMILES string of the molecule is NC(c1ccccc1-c1[c]nccc1)N1CCCCC1. The van der Waals surface area contributed by atoms with Crippen LogP contribution in [0.2, 0.25) is 0 Å². The minimum absolute atomic E-state index is 0.0416. The van der Waals surface area contributed by atoms with Gasteiger partial charge in [0.25, 0.3) is 0 Å². The number of rotatable bonds is 3. The van der Waals surface area contributed by atoms with Crippen LogP contribution in [0.15, 0.2) is 42.6 Å². The number of benzene rings is 1. The first-order valence-electron chi connectivity index (χ1n) is 7.28. The molecule has 1 unspecified atom stereocenters. The highest BCUT2D eigenvalue weighted by atomic mass is 15.2. The molecule has 3 nitrogen and oxygen atoms in total. The first-order chi connectivity index (χ1) is 9.86.